The van der Waals surface area contributed by atoms with Crippen molar-refractivity contribution in [2.75, 3.05) is 58.9 Å². The molecule has 2 heterocycles. The van der Waals surface area contributed by atoms with Crippen molar-refractivity contribution in [1.29, 1.82) is 0 Å². The van der Waals surface area contributed by atoms with Crippen LogP contribution in [0.1, 0.15) is 24.0 Å². The average Bonchev–Trinajstić information content (AvgIpc) is 2.92. The van der Waals surface area contributed by atoms with Crippen LogP contribution in [0.5, 0.6) is 0 Å². The summed E-state index contributed by atoms with van der Waals surface area (Å²) in [6.07, 6.45) is -2.73. The summed E-state index contributed by atoms with van der Waals surface area (Å²) >= 11 is 0. The number of benzene rings is 1. The normalized spacial score (nSPS) is 20.2. The molecule has 1 aromatic rings. The lowest BCUT2D eigenvalue weighted by molar-refractivity contribution is -0.137. The van der Waals surface area contributed by atoms with Crippen LogP contribution in [-0.2, 0) is 17.5 Å². The predicted molar refractivity (Wildman–Crippen MR) is 102 cm³/mol. The molecule has 0 atom stereocenters. The third kappa shape index (κ3) is 6.18. The van der Waals surface area contributed by atoms with Gasteiger partial charge in [0.1, 0.15) is 0 Å². The maximum absolute atomic E-state index is 12.7. The van der Waals surface area contributed by atoms with Crippen molar-refractivity contribution in [2.24, 2.45) is 0 Å². The Labute approximate surface area is 164 Å². The van der Waals surface area contributed by atoms with Gasteiger partial charge in [-0.05, 0) is 37.2 Å². The molecule has 1 amide bonds. The molecule has 2 aliphatic rings. The minimum absolute atomic E-state index is 0.229. The Morgan fingerprint density at radius 2 is 1.57 bits per heavy atom. The van der Waals surface area contributed by atoms with E-state index in [-0.39, 0.29) is 5.91 Å². The van der Waals surface area contributed by atoms with E-state index >= 15 is 0 Å². The number of nitrogens with one attached hydrogen (secondary N) is 1. The third-order valence-electron chi connectivity index (χ3n) is 5.48. The molecule has 0 spiro atoms. The summed E-state index contributed by atoms with van der Waals surface area (Å²) in [6.45, 7) is 8.38. The van der Waals surface area contributed by atoms with Crippen LogP contribution in [0.15, 0.2) is 24.3 Å². The van der Waals surface area contributed by atoms with E-state index in [9.17, 15) is 18.0 Å². The van der Waals surface area contributed by atoms with Crippen molar-refractivity contribution < 1.29 is 18.0 Å². The molecular weight excluding hydrogens is 369 g/mol. The molecule has 0 aromatic heterocycles. The Kier molecular flexibility index (Phi) is 7.31. The zero-order valence-electron chi connectivity index (χ0n) is 16.2. The molecule has 0 saturated carbocycles. The van der Waals surface area contributed by atoms with Crippen molar-refractivity contribution >= 4 is 5.91 Å². The number of piperazine rings is 1. The van der Waals surface area contributed by atoms with Crippen LogP contribution in [0.2, 0.25) is 0 Å². The maximum atomic E-state index is 12.7. The van der Waals surface area contributed by atoms with Crippen LogP contribution in [0.3, 0.4) is 0 Å². The Bertz CT molecular complexity index is 629. The number of carbonyl (C=O) groups excluding carboxylic acids is 1. The smallest absolute Gasteiger partial charge is 0.340 e. The Balaban J connectivity index is 1.42. The van der Waals surface area contributed by atoms with E-state index in [0.717, 1.165) is 83.0 Å². The van der Waals surface area contributed by atoms with E-state index in [1.165, 1.54) is 0 Å². The molecule has 2 aliphatic heterocycles. The van der Waals surface area contributed by atoms with Gasteiger partial charge in [0, 0.05) is 58.8 Å². The van der Waals surface area contributed by atoms with Gasteiger partial charge in [-0.3, -0.25) is 9.69 Å². The van der Waals surface area contributed by atoms with E-state index < -0.39 is 11.7 Å². The van der Waals surface area contributed by atoms with E-state index in [0.29, 0.717) is 13.0 Å². The van der Waals surface area contributed by atoms with Crippen LogP contribution < -0.4 is 5.32 Å². The summed E-state index contributed by atoms with van der Waals surface area (Å²) in [5.74, 6) is 0.229. The number of amides is 1. The van der Waals surface area contributed by atoms with Gasteiger partial charge < -0.3 is 15.1 Å². The van der Waals surface area contributed by atoms with Crippen LogP contribution in [0, 0.1) is 0 Å². The van der Waals surface area contributed by atoms with Crippen molar-refractivity contribution in [3.8, 4) is 0 Å². The number of nitrogens with zero attached hydrogens (tertiary/aromatic N) is 3. The molecule has 8 heteroatoms. The summed E-state index contributed by atoms with van der Waals surface area (Å²) in [4.78, 5) is 18.9. The molecule has 5 nitrogen and oxygen atoms in total. The monoisotopic (exact) mass is 398 g/mol. The Hall–Kier alpha value is -1.64. The van der Waals surface area contributed by atoms with Crippen molar-refractivity contribution in [3.05, 3.63) is 35.4 Å². The Morgan fingerprint density at radius 3 is 2.25 bits per heavy atom. The molecule has 0 bridgehead atoms. The summed E-state index contributed by atoms with van der Waals surface area (Å²) in [6, 6.07) is 5.44. The Morgan fingerprint density at radius 1 is 0.929 bits per heavy atom. The van der Waals surface area contributed by atoms with Crippen LogP contribution in [-0.4, -0.2) is 79.5 Å². The third-order valence-corrected chi connectivity index (χ3v) is 5.48. The van der Waals surface area contributed by atoms with Gasteiger partial charge in [-0.2, -0.15) is 13.2 Å². The second-order valence-corrected chi connectivity index (χ2v) is 7.55. The van der Waals surface area contributed by atoms with Gasteiger partial charge in [0.2, 0.25) is 5.91 Å². The van der Waals surface area contributed by atoms with Crippen LogP contribution in [0.4, 0.5) is 13.2 Å². The van der Waals surface area contributed by atoms with Gasteiger partial charge in [-0.15, -0.1) is 0 Å². The fraction of sp³-hybridized carbons (Fsp3) is 0.650. The number of hydrogen-bond donors (Lipinski definition) is 1. The minimum Gasteiger partial charge on any atom is -0.340 e. The van der Waals surface area contributed by atoms with Gasteiger partial charge in [0.05, 0.1) is 5.56 Å². The number of alkyl halides is 3. The SMILES string of the molecule is O=C(CCN1CCCN(Cc2ccc(C(F)(F)F)cc2)CC1)N1CCNCC1. The highest BCUT2D eigenvalue weighted by Crippen LogP contribution is 2.29. The average molecular weight is 398 g/mol. The summed E-state index contributed by atoms with van der Waals surface area (Å²) in [7, 11) is 0. The largest absolute Gasteiger partial charge is 0.416 e. The van der Waals surface area contributed by atoms with E-state index in [2.05, 4.69) is 15.1 Å². The standard InChI is InChI=1S/C20H29F3N4O/c21-20(22,23)18-4-2-17(3-5-18)16-26-10-1-9-25(14-15-26)11-6-19(28)27-12-7-24-8-13-27/h2-5,24H,1,6-16H2. The fourth-order valence-corrected chi connectivity index (χ4v) is 3.79. The molecule has 0 radical (unpaired) electrons. The first kappa shape index (κ1) is 21.1. The molecule has 0 unspecified atom stereocenters. The quantitative estimate of drug-likeness (QED) is 0.824. The van der Waals surface area contributed by atoms with Gasteiger partial charge >= 0.3 is 6.18 Å². The lowest BCUT2D eigenvalue weighted by atomic mass is 10.1. The van der Waals surface area contributed by atoms with E-state index in [1.807, 2.05) is 4.90 Å². The van der Waals surface area contributed by atoms with Gasteiger partial charge in [0.15, 0.2) is 0 Å². The highest BCUT2D eigenvalue weighted by molar-refractivity contribution is 5.76. The molecule has 2 fully saturated rings. The number of hydrogen-bond acceptors (Lipinski definition) is 4. The topological polar surface area (TPSA) is 38.8 Å². The molecule has 3 rings (SSSR count). The molecular formula is C20H29F3N4O. The molecule has 0 aliphatic carbocycles. The van der Waals surface area contributed by atoms with Crippen LogP contribution in [0.25, 0.3) is 0 Å². The lowest BCUT2D eigenvalue weighted by Gasteiger charge is -2.28. The summed E-state index contributed by atoms with van der Waals surface area (Å²) in [5, 5.41) is 3.25. The minimum atomic E-state index is -4.29. The number of carbonyl (C=O) groups is 1. The highest BCUT2D eigenvalue weighted by Gasteiger charge is 2.30. The first-order chi connectivity index (χ1) is 13.4. The first-order valence-electron chi connectivity index (χ1n) is 10.0. The molecule has 1 N–H and O–H groups in total. The molecule has 156 valence electrons. The number of halogens is 3. The fourth-order valence-electron chi connectivity index (χ4n) is 3.79. The van der Waals surface area contributed by atoms with Crippen molar-refractivity contribution in [1.82, 2.24) is 20.0 Å². The predicted octanol–water partition coefficient (Wildman–Crippen LogP) is 2.04. The second-order valence-electron chi connectivity index (χ2n) is 7.55. The van der Waals surface area contributed by atoms with E-state index in [4.69, 9.17) is 0 Å². The zero-order chi connectivity index (χ0) is 20.0. The molecule has 28 heavy (non-hydrogen) atoms. The van der Waals surface area contributed by atoms with Crippen LogP contribution >= 0.6 is 0 Å². The highest BCUT2D eigenvalue weighted by atomic mass is 19.4. The van der Waals surface area contributed by atoms with Gasteiger partial charge in [0.25, 0.3) is 0 Å². The summed E-state index contributed by atoms with van der Waals surface area (Å²) in [5.41, 5.74) is 0.294. The van der Waals surface area contributed by atoms with Gasteiger partial charge in [-0.25, -0.2) is 0 Å². The van der Waals surface area contributed by atoms with Crippen molar-refractivity contribution in [3.63, 3.8) is 0 Å². The second kappa shape index (κ2) is 9.71. The summed E-state index contributed by atoms with van der Waals surface area (Å²) < 4.78 is 38.0. The van der Waals surface area contributed by atoms with Crippen molar-refractivity contribution in [2.45, 2.75) is 25.6 Å². The molecule has 1 aromatic carbocycles. The lowest BCUT2D eigenvalue weighted by Crippen LogP contribution is -2.47. The first-order valence-corrected chi connectivity index (χ1v) is 10.0. The number of rotatable bonds is 5. The zero-order valence-corrected chi connectivity index (χ0v) is 16.2. The van der Waals surface area contributed by atoms with Gasteiger partial charge in [-0.1, -0.05) is 12.1 Å². The maximum Gasteiger partial charge on any atom is 0.416 e. The van der Waals surface area contributed by atoms with E-state index in [1.54, 1.807) is 12.1 Å². The molecule has 2 saturated heterocycles.